The molecule has 1 aliphatic rings. The van der Waals surface area contributed by atoms with Crippen molar-refractivity contribution >= 4 is 33.3 Å². The van der Waals surface area contributed by atoms with Gasteiger partial charge in [0.2, 0.25) is 5.91 Å². The summed E-state index contributed by atoms with van der Waals surface area (Å²) in [7, 11) is 0. The number of pyridine rings is 2. The molecule has 0 bridgehead atoms. The molecule has 3 heterocycles. The van der Waals surface area contributed by atoms with Gasteiger partial charge in [0.15, 0.2) is 0 Å². The van der Waals surface area contributed by atoms with E-state index < -0.39 is 5.91 Å². The zero-order chi connectivity index (χ0) is 20.9. The van der Waals surface area contributed by atoms with Crippen LogP contribution >= 0.6 is 0 Å². The van der Waals surface area contributed by atoms with E-state index in [1.165, 1.54) is 0 Å². The number of nitrogens with one attached hydrogen (secondary N) is 1. The van der Waals surface area contributed by atoms with Crippen molar-refractivity contribution in [1.29, 1.82) is 0 Å². The van der Waals surface area contributed by atoms with Crippen molar-refractivity contribution in [3.63, 3.8) is 0 Å². The fourth-order valence-electron chi connectivity index (χ4n) is 3.42. The Kier molecular flexibility index (Phi) is 5.83. The van der Waals surface area contributed by atoms with E-state index in [0.717, 1.165) is 53.7 Å². The lowest BCUT2D eigenvalue weighted by Gasteiger charge is -2.10. The lowest BCUT2D eigenvalue weighted by atomic mass is 10.0. The van der Waals surface area contributed by atoms with E-state index in [1.807, 2.05) is 36.4 Å². The monoisotopic (exact) mass is 401 g/mol. The molecule has 0 saturated carbocycles. The molecular formula is C23H23N5O2. The highest BCUT2D eigenvalue weighted by atomic mass is 16.5. The Hall–Kier alpha value is -3.55. The molecule has 5 N–H and O–H groups in total. The molecule has 0 spiro atoms. The second-order valence-corrected chi connectivity index (χ2v) is 6.97. The SMILES string of the molecule is C1COCCN1.NC(=O)c1ccc2c(c1)nc(-c1cccc(N)c1)c1ccncc12. The number of nitrogens with zero attached hydrogens (tertiary/aromatic N) is 2. The molecule has 1 aliphatic heterocycles. The first-order chi connectivity index (χ1) is 14.6. The molecule has 1 fully saturated rings. The number of hydrogen-bond donors (Lipinski definition) is 3. The highest BCUT2D eigenvalue weighted by Crippen LogP contribution is 2.32. The molecule has 30 heavy (non-hydrogen) atoms. The molecule has 0 radical (unpaired) electrons. The smallest absolute Gasteiger partial charge is 0.248 e. The van der Waals surface area contributed by atoms with Gasteiger partial charge in [0, 0.05) is 58.5 Å². The van der Waals surface area contributed by atoms with Crippen molar-refractivity contribution in [2.75, 3.05) is 32.0 Å². The number of carbonyl (C=O) groups excluding carboxylic acids is 1. The van der Waals surface area contributed by atoms with Crippen LogP contribution in [0.25, 0.3) is 32.9 Å². The quantitative estimate of drug-likeness (QED) is 0.351. The van der Waals surface area contributed by atoms with Crippen LogP contribution in [0.15, 0.2) is 60.9 Å². The molecule has 0 unspecified atom stereocenters. The number of rotatable bonds is 2. The second kappa shape index (κ2) is 8.86. The van der Waals surface area contributed by atoms with E-state index in [-0.39, 0.29) is 0 Å². The van der Waals surface area contributed by atoms with Crippen LogP contribution in [0.1, 0.15) is 10.4 Å². The number of morpholine rings is 1. The molecule has 7 heteroatoms. The number of nitrogens with two attached hydrogens (primary N) is 2. The van der Waals surface area contributed by atoms with Gasteiger partial charge in [-0.15, -0.1) is 0 Å². The predicted molar refractivity (Wildman–Crippen MR) is 119 cm³/mol. The van der Waals surface area contributed by atoms with Crippen molar-refractivity contribution in [2.45, 2.75) is 0 Å². The molecule has 2 aromatic heterocycles. The number of nitrogen functional groups attached to an aromatic ring is 1. The summed E-state index contributed by atoms with van der Waals surface area (Å²) in [4.78, 5) is 20.5. The topological polar surface area (TPSA) is 116 Å². The fraction of sp³-hybridized carbons (Fsp3) is 0.174. The van der Waals surface area contributed by atoms with Gasteiger partial charge in [-0.3, -0.25) is 9.78 Å². The Morgan fingerprint density at radius 3 is 2.50 bits per heavy atom. The number of ether oxygens (including phenoxy) is 1. The molecule has 2 aromatic carbocycles. The summed E-state index contributed by atoms with van der Waals surface area (Å²) in [5, 5.41) is 6.04. The highest BCUT2D eigenvalue weighted by molar-refractivity contribution is 6.11. The minimum absolute atomic E-state index is 0.428. The standard InChI is InChI=1S/C19H14N4O.C4H9NO/c20-13-3-1-2-11(8-13)18-15-6-7-22-10-16(15)14-5-4-12(19(21)24)9-17(14)23-18;1-3-6-4-2-5-1/h1-10H,20H2,(H2,21,24);5H,1-4H2. The van der Waals surface area contributed by atoms with Crippen molar-refractivity contribution in [2.24, 2.45) is 5.73 Å². The van der Waals surface area contributed by atoms with Crippen LogP contribution in [-0.2, 0) is 4.74 Å². The third-order valence-electron chi connectivity index (χ3n) is 4.89. The van der Waals surface area contributed by atoms with E-state index in [0.29, 0.717) is 16.8 Å². The van der Waals surface area contributed by atoms with Crippen molar-refractivity contribution in [3.05, 3.63) is 66.5 Å². The summed E-state index contributed by atoms with van der Waals surface area (Å²) in [5.74, 6) is -0.476. The molecule has 7 nitrogen and oxygen atoms in total. The van der Waals surface area contributed by atoms with Gasteiger partial charge in [0.1, 0.15) is 0 Å². The molecule has 4 aromatic rings. The normalized spacial score (nSPS) is 13.6. The number of aromatic nitrogens is 2. The van der Waals surface area contributed by atoms with Crippen molar-refractivity contribution in [1.82, 2.24) is 15.3 Å². The fourth-order valence-corrected chi connectivity index (χ4v) is 3.42. The number of primary amides is 1. The Bertz CT molecular complexity index is 1190. The molecule has 0 aliphatic carbocycles. The van der Waals surface area contributed by atoms with Crippen LogP contribution in [0.5, 0.6) is 0 Å². The highest BCUT2D eigenvalue weighted by Gasteiger charge is 2.12. The Morgan fingerprint density at radius 1 is 1.00 bits per heavy atom. The lowest BCUT2D eigenvalue weighted by molar-refractivity contribution is 0.100. The van der Waals surface area contributed by atoms with Crippen LogP contribution in [0.2, 0.25) is 0 Å². The summed E-state index contributed by atoms with van der Waals surface area (Å²) >= 11 is 0. The lowest BCUT2D eigenvalue weighted by Crippen LogP contribution is -2.30. The first kappa shape index (κ1) is 19.8. The van der Waals surface area contributed by atoms with E-state index >= 15 is 0 Å². The molecule has 5 rings (SSSR count). The van der Waals surface area contributed by atoms with E-state index in [4.69, 9.17) is 21.2 Å². The van der Waals surface area contributed by atoms with Gasteiger partial charge < -0.3 is 21.5 Å². The summed E-state index contributed by atoms with van der Waals surface area (Å²) in [6, 6.07) is 14.8. The van der Waals surface area contributed by atoms with Crippen LogP contribution in [0.3, 0.4) is 0 Å². The zero-order valence-electron chi connectivity index (χ0n) is 16.5. The second-order valence-electron chi connectivity index (χ2n) is 6.97. The van der Waals surface area contributed by atoms with Crippen LogP contribution in [0.4, 0.5) is 5.69 Å². The van der Waals surface area contributed by atoms with Gasteiger partial charge in [-0.25, -0.2) is 4.98 Å². The average Bonchev–Trinajstić information content (AvgIpc) is 2.79. The molecule has 1 saturated heterocycles. The predicted octanol–water partition coefficient (Wildman–Crippen LogP) is 2.74. The van der Waals surface area contributed by atoms with Gasteiger partial charge in [-0.05, 0) is 30.3 Å². The molecular weight excluding hydrogens is 378 g/mol. The number of amides is 1. The maximum absolute atomic E-state index is 11.5. The number of hydrogen-bond acceptors (Lipinski definition) is 6. The minimum Gasteiger partial charge on any atom is -0.399 e. The van der Waals surface area contributed by atoms with Gasteiger partial charge in [0.25, 0.3) is 0 Å². The number of anilines is 1. The van der Waals surface area contributed by atoms with Gasteiger partial charge in [-0.1, -0.05) is 18.2 Å². The largest absolute Gasteiger partial charge is 0.399 e. The van der Waals surface area contributed by atoms with Crippen molar-refractivity contribution in [3.8, 4) is 11.3 Å². The van der Waals surface area contributed by atoms with Gasteiger partial charge in [-0.2, -0.15) is 0 Å². The number of carbonyl (C=O) groups is 1. The van der Waals surface area contributed by atoms with E-state index in [1.54, 1.807) is 24.5 Å². The van der Waals surface area contributed by atoms with Crippen LogP contribution < -0.4 is 16.8 Å². The average molecular weight is 401 g/mol. The third-order valence-corrected chi connectivity index (χ3v) is 4.89. The van der Waals surface area contributed by atoms with Gasteiger partial charge >= 0.3 is 0 Å². The molecule has 0 atom stereocenters. The summed E-state index contributed by atoms with van der Waals surface area (Å²) < 4.78 is 5.01. The third kappa shape index (κ3) is 4.22. The summed E-state index contributed by atoms with van der Waals surface area (Å²) in [6.07, 6.45) is 3.54. The molecule has 1 amide bonds. The Balaban J connectivity index is 0.000000313. The van der Waals surface area contributed by atoms with Gasteiger partial charge in [0.05, 0.1) is 24.4 Å². The molecule has 152 valence electrons. The van der Waals surface area contributed by atoms with Crippen molar-refractivity contribution < 1.29 is 9.53 Å². The minimum atomic E-state index is -0.476. The van der Waals surface area contributed by atoms with Crippen LogP contribution in [-0.4, -0.2) is 42.2 Å². The maximum Gasteiger partial charge on any atom is 0.248 e. The van der Waals surface area contributed by atoms with E-state index in [9.17, 15) is 4.79 Å². The first-order valence-corrected chi connectivity index (χ1v) is 9.75. The summed E-state index contributed by atoms with van der Waals surface area (Å²) in [6.45, 7) is 3.83. The Morgan fingerprint density at radius 2 is 1.83 bits per heavy atom. The number of fused-ring (bicyclic) bond motifs is 3. The first-order valence-electron chi connectivity index (χ1n) is 9.75. The van der Waals surface area contributed by atoms with E-state index in [2.05, 4.69) is 10.3 Å². The van der Waals surface area contributed by atoms with Crippen LogP contribution in [0, 0.1) is 0 Å². The summed E-state index contributed by atoms with van der Waals surface area (Å²) in [5.41, 5.74) is 14.8. The maximum atomic E-state index is 11.5. The number of benzene rings is 2. The zero-order valence-corrected chi connectivity index (χ0v) is 16.5. The Labute approximate surface area is 174 Å².